The topological polar surface area (TPSA) is 39.4 Å². The molecule has 1 aromatic heterocycles. The van der Waals surface area contributed by atoms with Gasteiger partial charge in [0.2, 0.25) is 5.78 Å². The molecule has 18 heavy (non-hydrogen) atoms. The highest BCUT2D eigenvalue weighted by Crippen LogP contribution is 2.28. The van der Waals surface area contributed by atoms with Crippen LogP contribution in [-0.4, -0.2) is 18.5 Å². The first kappa shape index (κ1) is 12.8. The van der Waals surface area contributed by atoms with Crippen LogP contribution in [0.15, 0.2) is 34.7 Å². The summed E-state index contributed by atoms with van der Waals surface area (Å²) < 4.78 is 11.1. The van der Waals surface area contributed by atoms with Gasteiger partial charge in [-0.3, -0.25) is 4.79 Å². The van der Waals surface area contributed by atoms with Gasteiger partial charge >= 0.3 is 0 Å². The number of rotatable bonds is 5. The van der Waals surface area contributed by atoms with Crippen LogP contribution in [-0.2, 0) is 4.74 Å². The Labute approximate surface area is 107 Å². The average Bonchev–Trinajstić information content (AvgIpc) is 2.85. The van der Waals surface area contributed by atoms with Crippen LogP contribution in [0.25, 0.3) is 11.0 Å². The van der Waals surface area contributed by atoms with E-state index < -0.39 is 5.60 Å². The Hall–Kier alpha value is -1.61. The van der Waals surface area contributed by atoms with Gasteiger partial charge in [-0.1, -0.05) is 32.0 Å². The number of fused-ring (bicyclic) bond motifs is 1. The fourth-order valence-corrected chi connectivity index (χ4v) is 2.27. The van der Waals surface area contributed by atoms with E-state index in [9.17, 15) is 4.79 Å². The number of ketones is 1. The van der Waals surface area contributed by atoms with E-state index in [-0.39, 0.29) is 5.78 Å². The Morgan fingerprint density at radius 2 is 1.94 bits per heavy atom. The van der Waals surface area contributed by atoms with Crippen molar-refractivity contribution in [3.05, 3.63) is 36.1 Å². The number of methoxy groups -OCH3 is 1. The van der Waals surface area contributed by atoms with Crippen LogP contribution in [0.4, 0.5) is 0 Å². The number of hydrogen-bond donors (Lipinski definition) is 0. The summed E-state index contributed by atoms with van der Waals surface area (Å²) in [6.45, 7) is 3.90. The van der Waals surface area contributed by atoms with Crippen LogP contribution in [0.3, 0.4) is 0 Å². The SMILES string of the molecule is CCC(CC)(OC)C(=O)c1cc2ccccc2o1. The Morgan fingerprint density at radius 3 is 2.50 bits per heavy atom. The molecule has 0 bridgehead atoms. The molecule has 0 saturated carbocycles. The molecule has 0 aliphatic rings. The number of hydrogen-bond acceptors (Lipinski definition) is 3. The molecule has 2 rings (SSSR count). The second-order valence-corrected chi connectivity index (χ2v) is 4.38. The predicted molar refractivity (Wildman–Crippen MR) is 70.9 cm³/mol. The molecule has 0 saturated heterocycles. The lowest BCUT2D eigenvalue weighted by Gasteiger charge is -2.27. The van der Waals surface area contributed by atoms with E-state index in [1.54, 1.807) is 13.2 Å². The lowest BCUT2D eigenvalue weighted by atomic mass is 9.90. The molecule has 0 amide bonds. The molecule has 0 unspecified atom stereocenters. The minimum absolute atomic E-state index is 0.0776. The fraction of sp³-hybridized carbons (Fsp3) is 0.400. The van der Waals surface area contributed by atoms with E-state index >= 15 is 0 Å². The number of ether oxygens (including phenoxy) is 1. The number of benzene rings is 1. The lowest BCUT2D eigenvalue weighted by molar-refractivity contribution is -0.00450. The fourth-order valence-electron chi connectivity index (χ4n) is 2.27. The molecule has 96 valence electrons. The second-order valence-electron chi connectivity index (χ2n) is 4.38. The molecule has 2 aromatic rings. The summed E-state index contributed by atoms with van der Waals surface area (Å²) in [5.41, 5.74) is -0.0357. The van der Waals surface area contributed by atoms with Crippen molar-refractivity contribution in [1.82, 2.24) is 0 Å². The first-order valence-electron chi connectivity index (χ1n) is 6.25. The van der Waals surface area contributed by atoms with E-state index in [0.29, 0.717) is 18.6 Å². The van der Waals surface area contributed by atoms with E-state index in [2.05, 4.69) is 0 Å². The van der Waals surface area contributed by atoms with E-state index in [1.165, 1.54) is 0 Å². The largest absolute Gasteiger partial charge is 0.453 e. The van der Waals surface area contributed by atoms with Gasteiger partial charge < -0.3 is 9.15 Å². The van der Waals surface area contributed by atoms with Crippen LogP contribution in [0.1, 0.15) is 37.2 Å². The predicted octanol–water partition coefficient (Wildman–Crippen LogP) is 3.82. The zero-order chi connectivity index (χ0) is 13.2. The van der Waals surface area contributed by atoms with Crippen molar-refractivity contribution in [2.24, 2.45) is 0 Å². The van der Waals surface area contributed by atoms with Crippen LogP contribution in [0.5, 0.6) is 0 Å². The Balaban J connectivity index is 2.44. The summed E-state index contributed by atoms with van der Waals surface area (Å²) in [6, 6.07) is 9.40. The van der Waals surface area contributed by atoms with Crippen LogP contribution in [0, 0.1) is 0 Å². The Bertz CT molecular complexity index is 508. The normalized spacial score (nSPS) is 11.9. The van der Waals surface area contributed by atoms with Gasteiger partial charge in [0, 0.05) is 12.5 Å². The zero-order valence-electron chi connectivity index (χ0n) is 11.0. The van der Waals surface area contributed by atoms with Crippen LogP contribution in [0.2, 0.25) is 0 Å². The van der Waals surface area contributed by atoms with Crippen molar-refractivity contribution in [2.75, 3.05) is 7.11 Å². The average molecular weight is 246 g/mol. The maximum atomic E-state index is 12.5. The van der Waals surface area contributed by atoms with E-state index in [4.69, 9.17) is 9.15 Å². The van der Waals surface area contributed by atoms with Crippen LogP contribution >= 0.6 is 0 Å². The van der Waals surface area contributed by atoms with Gasteiger partial charge in [-0.05, 0) is 25.0 Å². The first-order chi connectivity index (χ1) is 8.66. The molecular formula is C15H18O3. The monoisotopic (exact) mass is 246 g/mol. The van der Waals surface area contributed by atoms with Gasteiger partial charge in [0.25, 0.3) is 0 Å². The number of carbonyl (C=O) groups excluding carboxylic acids is 1. The Kier molecular flexibility index (Phi) is 3.53. The number of furan rings is 1. The van der Waals surface area contributed by atoms with E-state index in [1.807, 2.05) is 38.1 Å². The maximum absolute atomic E-state index is 12.5. The minimum atomic E-state index is -0.770. The highest BCUT2D eigenvalue weighted by Gasteiger charge is 2.37. The summed E-state index contributed by atoms with van der Waals surface area (Å²) >= 11 is 0. The van der Waals surface area contributed by atoms with Crippen molar-refractivity contribution in [1.29, 1.82) is 0 Å². The summed E-state index contributed by atoms with van der Waals surface area (Å²) in [4.78, 5) is 12.5. The molecule has 3 heteroatoms. The van der Waals surface area contributed by atoms with Crippen molar-refractivity contribution in [3.8, 4) is 0 Å². The molecular weight excluding hydrogens is 228 g/mol. The summed E-state index contributed by atoms with van der Waals surface area (Å²) in [6.07, 6.45) is 1.27. The third-order valence-electron chi connectivity index (χ3n) is 3.60. The molecule has 0 spiro atoms. The number of carbonyl (C=O) groups is 1. The Morgan fingerprint density at radius 1 is 1.28 bits per heavy atom. The van der Waals surface area contributed by atoms with Gasteiger partial charge in [-0.2, -0.15) is 0 Å². The second kappa shape index (κ2) is 4.94. The molecule has 0 radical (unpaired) electrons. The van der Waals surface area contributed by atoms with Gasteiger partial charge in [0.1, 0.15) is 11.2 Å². The number of para-hydroxylation sites is 1. The van der Waals surface area contributed by atoms with Gasteiger partial charge in [-0.15, -0.1) is 0 Å². The van der Waals surface area contributed by atoms with E-state index in [0.717, 1.165) is 11.0 Å². The summed E-state index contributed by atoms with van der Waals surface area (Å²) in [5.74, 6) is 0.299. The van der Waals surface area contributed by atoms with Crippen LogP contribution < -0.4 is 0 Å². The molecule has 1 heterocycles. The van der Waals surface area contributed by atoms with Crippen molar-refractivity contribution >= 4 is 16.8 Å². The molecule has 0 aliphatic carbocycles. The standard InChI is InChI=1S/C15H18O3/c1-4-15(5-2,17-3)14(16)13-10-11-8-6-7-9-12(11)18-13/h6-10H,4-5H2,1-3H3. The lowest BCUT2D eigenvalue weighted by Crippen LogP contribution is -2.39. The first-order valence-corrected chi connectivity index (χ1v) is 6.25. The van der Waals surface area contributed by atoms with Gasteiger partial charge in [-0.25, -0.2) is 0 Å². The number of Topliss-reactive ketones (excluding diaryl/α,β-unsaturated/α-hetero) is 1. The van der Waals surface area contributed by atoms with Crippen molar-refractivity contribution < 1.29 is 13.9 Å². The molecule has 0 aliphatic heterocycles. The third kappa shape index (κ3) is 1.95. The smallest absolute Gasteiger partial charge is 0.229 e. The highest BCUT2D eigenvalue weighted by molar-refractivity contribution is 6.03. The van der Waals surface area contributed by atoms with Crippen molar-refractivity contribution in [2.45, 2.75) is 32.3 Å². The quantitative estimate of drug-likeness (QED) is 0.753. The molecule has 0 N–H and O–H groups in total. The molecule has 3 nitrogen and oxygen atoms in total. The maximum Gasteiger partial charge on any atom is 0.229 e. The molecule has 1 aromatic carbocycles. The van der Waals surface area contributed by atoms with Crippen molar-refractivity contribution in [3.63, 3.8) is 0 Å². The summed E-state index contributed by atoms with van der Waals surface area (Å²) in [5, 5.41) is 0.943. The third-order valence-corrected chi connectivity index (χ3v) is 3.60. The molecule has 0 fully saturated rings. The zero-order valence-corrected chi connectivity index (χ0v) is 11.0. The summed E-state index contributed by atoms with van der Waals surface area (Å²) in [7, 11) is 1.58. The van der Waals surface area contributed by atoms with Gasteiger partial charge in [0.15, 0.2) is 5.76 Å². The molecule has 0 atom stereocenters. The van der Waals surface area contributed by atoms with Gasteiger partial charge in [0.05, 0.1) is 0 Å². The highest BCUT2D eigenvalue weighted by atomic mass is 16.5. The minimum Gasteiger partial charge on any atom is -0.453 e.